The Morgan fingerprint density at radius 3 is 2.59 bits per heavy atom. The predicted molar refractivity (Wildman–Crippen MR) is 80.3 cm³/mol. The highest BCUT2D eigenvalue weighted by atomic mass is 16.4. The predicted octanol–water partition coefficient (Wildman–Crippen LogP) is 2.13. The molecule has 0 atom stereocenters. The van der Waals surface area contributed by atoms with Crippen molar-refractivity contribution in [2.24, 2.45) is 0 Å². The van der Waals surface area contributed by atoms with E-state index in [1.165, 1.54) is 11.9 Å². The summed E-state index contributed by atoms with van der Waals surface area (Å²) in [4.78, 5) is 27.6. The molecule has 1 aromatic carbocycles. The van der Waals surface area contributed by atoms with Gasteiger partial charge in [0.1, 0.15) is 6.54 Å². The molecule has 1 amide bonds. The molecule has 2 aromatic rings. The molecule has 6 heteroatoms. The molecule has 2 rings (SSSR count). The minimum atomic E-state index is -1.03. The number of likely N-dealkylation sites (N-methyl/N-ethyl adjacent to an activating group) is 1. The molecule has 0 radical (unpaired) electrons. The lowest BCUT2D eigenvalue weighted by Crippen LogP contribution is -2.32. The number of carbonyl (C=O) groups excluding carboxylic acids is 1. The van der Waals surface area contributed by atoms with Gasteiger partial charge in [-0.05, 0) is 6.92 Å². The molecule has 1 heterocycles. The second-order valence-corrected chi connectivity index (χ2v) is 5.13. The second-order valence-electron chi connectivity index (χ2n) is 5.13. The van der Waals surface area contributed by atoms with Crippen LogP contribution in [0.4, 0.5) is 0 Å². The molecule has 0 aliphatic rings. The molecule has 1 N–H and O–H groups in total. The molecule has 6 nitrogen and oxygen atoms in total. The molecule has 0 saturated heterocycles. The van der Waals surface area contributed by atoms with Gasteiger partial charge in [0.15, 0.2) is 11.7 Å². The summed E-state index contributed by atoms with van der Waals surface area (Å²) in [5.74, 6) is -0.167. The Morgan fingerprint density at radius 1 is 1.27 bits per heavy atom. The van der Waals surface area contributed by atoms with Crippen LogP contribution in [0.15, 0.2) is 34.9 Å². The van der Waals surface area contributed by atoms with E-state index in [4.69, 9.17) is 9.52 Å². The summed E-state index contributed by atoms with van der Waals surface area (Å²) in [5.41, 5.74) is 2.09. The molecule has 0 unspecified atom stereocenters. The first-order valence-corrected chi connectivity index (χ1v) is 6.93. The molecular weight excluding hydrogens is 284 g/mol. The number of hydrogen-bond donors (Lipinski definition) is 1. The third-order valence-corrected chi connectivity index (χ3v) is 3.24. The zero-order valence-electron chi connectivity index (χ0n) is 12.6. The normalized spacial score (nSPS) is 10.5. The summed E-state index contributed by atoms with van der Waals surface area (Å²) >= 11 is 0. The number of nitrogens with zero attached hydrogens (tertiary/aromatic N) is 2. The summed E-state index contributed by atoms with van der Waals surface area (Å²) in [5, 5.41) is 8.64. The van der Waals surface area contributed by atoms with Crippen LogP contribution in [0.5, 0.6) is 0 Å². The number of benzene rings is 1. The summed E-state index contributed by atoms with van der Waals surface area (Å²) in [7, 11) is 1.46. The van der Waals surface area contributed by atoms with Crippen LogP contribution in [0.25, 0.3) is 11.3 Å². The monoisotopic (exact) mass is 302 g/mol. The number of rotatable bonds is 6. The lowest BCUT2D eigenvalue weighted by Gasteiger charge is -2.13. The number of carboxylic acid groups (broad SMARTS) is 1. The molecule has 1 aromatic heterocycles. The van der Waals surface area contributed by atoms with Crippen molar-refractivity contribution in [3.63, 3.8) is 0 Å². The highest BCUT2D eigenvalue weighted by Gasteiger charge is 2.14. The van der Waals surface area contributed by atoms with Gasteiger partial charge in [-0.2, -0.15) is 0 Å². The Morgan fingerprint density at radius 2 is 1.95 bits per heavy atom. The molecule has 22 heavy (non-hydrogen) atoms. The minimum absolute atomic E-state index is 0.164. The number of oxazole rings is 1. The van der Waals surface area contributed by atoms with Gasteiger partial charge in [0.25, 0.3) is 0 Å². The Bertz CT molecular complexity index is 661. The topological polar surface area (TPSA) is 83.6 Å². The number of hydrogen-bond acceptors (Lipinski definition) is 4. The maximum atomic E-state index is 11.8. The molecule has 116 valence electrons. The largest absolute Gasteiger partial charge is 0.480 e. The SMILES string of the molecule is Cc1ccc(-c2cnc(CCC(=O)N(C)CC(=O)O)o2)cc1. The lowest BCUT2D eigenvalue weighted by molar-refractivity contribution is -0.143. The number of carbonyl (C=O) groups is 2. The van der Waals surface area contributed by atoms with E-state index in [0.29, 0.717) is 18.1 Å². The summed E-state index contributed by atoms with van der Waals surface area (Å²) in [6.45, 7) is 1.70. The quantitative estimate of drug-likeness (QED) is 0.883. The number of carboxylic acids is 1. The number of aliphatic carboxylic acids is 1. The van der Waals surface area contributed by atoms with Crippen molar-refractivity contribution in [1.29, 1.82) is 0 Å². The maximum Gasteiger partial charge on any atom is 0.323 e. The molecule has 0 fully saturated rings. The minimum Gasteiger partial charge on any atom is -0.480 e. The van der Waals surface area contributed by atoms with Crippen LogP contribution >= 0.6 is 0 Å². The Hall–Kier alpha value is -2.63. The van der Waals surface area contributed by atoms with Gasteiger partial charge in [-0.3, -0.25) is 9.59 Å². The van der Waals surface area contributed by atoms with E-state index in [0.717, 1.165) is 11.1 Å². The van der Waals surface area contributed by atoms with Crippen LogP contribution in [-0.4, -0.2) is 40.5 Å². The van der Waals surface area contributed by atoms with Crippen molar-refractivity contribution < 1.29 is 19.1 Å². The van der Waals surface area contributed by atoms with Crippen LogP contribution in [0.2, 0.25) is 0 Å². The van der Waals surface area contributed by atoms with Gasteiger partial charge in [-0.1, -0.05) is 29.8 Å². The standard InChI is InChI=1S/C16H18N2O4/c1-11-3-5-12(6-4-11)13-9-17-14(22-13)7-8-15(19)18(2)10-16(20)21/h3-6,9H,7-8,10H2,1-2H3,(H,20,21). The van der Waals surface area contributed by atoms with Gasteiger partial charge in [0.05, 0.1) is 6.20 Å². The zero-order chi connectivity index (χ0) is 16.1. The van der Waals surface area contributed by atoms with Crippen molar-refractivity contribution in [3.05, 3.63) is 41.9 Å². The third-order valence-electron chi connectivity index (χ3n) is 3.24. The Labute approximate surface area is 128 Å². The van der Waals surface area contributed by atoms with Crippen LogP contribution in [0.1, 0.15) is 17.9 Å². The molecule has 0 saturated carbocycles. The summed E-state index contributed by atoms with van der Waals surface area (Å²) in [6, 6.07) is 7.88. The van der Waals surface area contributed by atoms with Crippen molar-refractivity contribution in [2.75, 3.05) is 13.6 Å². The van der Waals surface area contributed by atoms with E-state index in [1.807, 2.05) is 31.2 Å². The van der Waals surface area contributed by atoms with Gasteiger partial charge in [-0.25, -0.2) is 4.98 Å². The first-order valence-electron chi connectivity index (χ1n) is 6.93. The second kappa shape index (κ2) is 6.89. The molecule has 0 aliphatic heterocycles. The van der Waals surface area contributed by atoms with E-state index in [1.54, 1.807) is 6.20 Å². The van der Waals surface area contributed by atoms with Crippen LogP contribution in [0, 0.1) is 6.92 Å². The number of aromatic nitrogens is 1. The van der Waals surface area contributed by atoms with Gasteiger partial charge >= 0.3 is 5.97 Å². The summed E-state index contributed by atoms with van der Waals surface area (Å²) in [6.07, 6.45) is 2.14. The van der Waals surface area contributed by atoms with Gasteiger partial charge in [0.2, 0.25) is 5.91 Å². The summed E-state index contributed by atoms with van der Waals surface area (Å²) < 4.78 is 5.62. The van der Waals surface area contributed by atoms with E-state index in [-0.39, 0.29) is 18.9 Å². The van der Waals surface area contributed by atoms with Crippen LogP contribution in [0.3, 0.4) is 0 Å². The average Bonchev–Trinajstić information content (AvgIpc) is 2.93. The van der Waals surface area contributed by atoms with E-state index >= 15 is 0 Å². The van der Waals surface area contributed by atoms with Crippen LogP contribution in [-0.2, 0) is 16.0 Å². The first-order chi connectivity index (χ1) is 10.5. The van der Waals surface area contributed by atoms with Crippen molar-refractivity contribution in [1.82, 2.24) is 9.88 Å². The molecule has 0 bridgehead atoms. The fraction of sp³-hybridized carbons (Fsp3) is 0.312. The maximum absolute atomic E-state index is 11.8. The van der Waals surface area contributed by atoms with Gasteiger partial charge in [-0.15, -0.1) is 0 Å². The fourth-order valence-electron chi connectivity index (χ4n) is 1.97. The van der Waals surface area contributed by atoms with E-state index in [9.17, 15) is 9.59 Å². The molecule has 0 spiro atoms. The number of aryl methyl sites for hydroxylation is 2. The molecular formula is C16H18N2O4. The van der Waals surface area contributed by atoms with Crippen molar-refractivity contribution in [3.8, 4) is 11.3 Å². The zero-order valence-corrected chi connectivity index (χ0v) is 12.6. The fourth-order valence-corrected chi connectivity index (χ4v) is 1.97. The smallest absolute Gasteiger partial charge is 0.323 e. The Balaban J connectivity index is 1.93. The highest BCUT2D eigenvalue weighted by molar-refractivity contribution is 5.81. The molecule has 0 aliphatic carbocycles. The van der Waals surface area contributed by atoms with Crippen LogP contribution < -0.4 is 0 Å². The van der Waals surface area contributed by atoms with E-state index < -0.39 is 5.97 Å². The highest BCUT2D eigenvalue weighted by Crippen LogP contribution is 2.21. The van der Waals surface area contributed by atoms with E-state index in [2.05, 4.69) is 4.98 Å². The van der Waals surface area contributed by atoms with Crippen molar-refractivity contribution in [2.45, 2.75) is 19.8 Å². The third kappa shape index (κ3) is 4.18. The first kappa shape index (κ1) is 15.8. The lowest BCUT2D eigenvalue weighted by atomic mass is 10.1. The van der Waals surface area contributed by atoms with Gasteiger partial charge < -0.3 is 14.4 Å². The Kier molecular flexibility index (Phi) is 4.93. The van der Waals surface area contributed by atoms with Gasteiger partial charge in [0, 0.05) is 25.5 Å². The van der Waals surface area contributed by atoms with Crippen molar-refractivity contribution >= 4 is 11.9 Å². The number of amides is 1. The average molecular weight is 302 g/mol.